The molecule has 1 aromatic rings. The summed E-state index contributed by atoms with van der Waals surface area (Å²) < 4.78 is 40.2. The second-order valence-corrected chi connectivity index (χ2v) is 16.4. The standard InChI is InChI=1S/C37H66N6O8S/c1-11-13-20-43(32(45)23-39-37(47)33(24(3)4)41(7)8)34(25(5)12-2)30(50-9)22-31(44)42-21-14-15-29(42)35(51-10)26(6)36(46)40-52(48,49)28-18-16-27(38)17-19-28/h16-19,24-26,29-30,33-36,40,46H,11-15,20-23,38H2,1-10H3,(H,39,47)/t25-,26+,29-,30+,33-,34-,35+,36?/m0/s1. The number of hydrogen-bond acceptors (Lipinski definition) is 10. The Morgan fingerprint density at radius 3 is 2.21 bits per heavy atom. The van der Waals surface area contributed by atoms with Crippen molar-refractivity contribution in [2.45, 2.75) is 122 Å². The van der Waals surface area contributed by atoms with E-state index in [9.17, 15) is 27.9 Å². The number of unbranched alkanes of at least 4 members (excludes halogenated alkanes) is 1. The summed E-state index contributed by atoms with van der Waals surface area (Å²) in [5, 5.41) is 13.9. The van der Waals surface area contributed by atoms with Crippen LogP contribution in [0, 0.1) is 17.8 Å². The molecule has 52 heavy (non-hydrogen) atoms. The van der Waals surface area contributed by atoms with Gasteiger partial charge in [0.2, 0.25) is 27.7 Å². The number of ether oxygens (including phenoxy) is 2. The molecule has 1 unspecified atom stereocenters. The highest BCUT2D eigenvalue weighted by atomic mass is 32.2. The maximum Gasteiger partial charge on any atom is 0.242 e. The minimum Gasteiger partial charge on any atom is -0.399 e. The quantitative estimate of drug-likeness (QED) is 0.101. The Morgan fingerprint density at radius 1 is 1.06 bits per heavy atom. The molecule has 14 nitrogen and oxygen atoms in total. The Kier molecular flexibility index (Phi) is 18.5. The summed E-state index contributed by atoms with van der Waals surface area (Å²) >= 11 is 0. The first-order valence-corrected chi connectivity index (χ1v) is 20.1. The average Bonchev–Trinajstić information content (AvgIpc) is 3.57. The van der Waals surface area contributed by atoms with Crippen LogP contribution >= 0.6 is 0 Å². The first kappa shape index (κ1) is 45.3. The number of anilines is 1. The molecule has 1 saturated heterocycles. The molecule has 298 valence electrons. The van der Waals surface area contributed by atoms with Gasteiger partial charge in [0, 0.05) is 38.9 Å². The molecule has 3 amide bonds. The van der Waals surface area contributed by atoms with E-state index >= 15 is 0 Å². The summed E-state index contributed by atoms with van der Waals surface area (Å²) in [5.41, 5.74) is 6.11. The van der Waals surface area contributed by atoms with Crippen LogP contribution in [0.15, 0.2) is 29.2 Å². The fraction of sp³-hybridized carbons (Fsp3) is 0.757. The molecule has 1 heterocycles. The predicted molar refractivity (Wildman–Crippen MR) is 202 cm³/mol. The van der Waals surface area contributed by atoms with Crippen LogP contribution in [0.3, 0.4) is 0 Å². The molecule has 1 aromatic carbocycles. The number of likely N-dealkylation sites (tertiary alicyclic amines) is 1. The first-order chi connectivity index (χ1) is 24.4. The van der Waals surface area contributed by atoms with E-state index in [4.69, 9.17) is 15.2 Å². The second kappa shape index (κ2) is 21.2. The van der Waals surface area contributed by atoms with Gasteiger partial charge in [0.1, 0.15) is 6.23 Å². The van der Waals surface area contributed by atoms with Gasteiger partial charge in [0.15, 0.2) is 0 Å². The molecule has 0 spiro atoms. The lowest BCUT2D eigenvalue weighted by Gasteiger charge is -2.41. The highest BCUT2D eigenvalue weighted by molar-refractivity contribution is 7.89. The van der Waals surface area contributed by atoms with Gasteiger partial charge in [-0.25, -0.2) is 8.42 Å². The van der Waals surface area contributed by atoms with Gasteiger partial charge in [-0.05, 0) is 69.5 Å². The van der Waals surface area contributed by atoms with Crippen molar-refractivity contribution in [3.05, 3.63) is 24.3 Å². The molecule has 1 fully saturated rings. The molecule has 15 heteroatoms. The van der Waals surface area contributed by atoms with Crippen LogP contribution in [0.2, 0.25) is 0 Å². The van der Waals surface area contributed by atoms with Crippen LogP contribution < -0.4 is 15.8 Å². The maximum absolute atomic E-state index is 14.2. The zero-order valence-electron chi connectivity index (χ0n) is 33.0. The number of hydrogen-bond donors (Lipinski definition) is 4. The molecule has 0 radical (unpaired) electrons. The summed E-state index contributed by atoms with van der Waals surface area (Å²) in [5.74, 6) is -1.33. The Hall–Kier alpha value is -2.82. The van der Waals surface area contributed by atoms with E-state index in [-0.39, 0.29) is 53.5 Å². The Balaban J connectivity index is 2.29. The summed E-state index contributed by atoms with van der Waals surface area (Å²) in [6.07, 6.45) is 0.801. The lowest BCUT2D eigenvalue weighted by atomic mass is 9.89. The SMILES string of the molecule is CCCCN(C(=O)CNC(=O)[C@H](C(C)C)N(C)C)[C@@H]([C@@H](C)CC)[C@@H](CC(=O)N1CCC[C@H]1[C@H](OC)[C@@H](C)C(O)NS(=O)(=O)c1ccc(N)cc1)OC. The van der Waals surface area contributed by atoms with Crippen molar-refractivity contribution >= 4 is 33.4 Å². The van der Waals surface area contributed by atoms with Crippen LogP contribution in [0.4, 0.5) is 5.69 Å². The number of amides is 3. The topological polar surface area (TPSA) is 184 Å². The van der Waals surface area contributed by atoms with Gasteiger partial charge in [0.05, 0.1) is 48.2 Å². The Morgan fingerprint density at radius 2 is 1.69 bits per heavy atom. The maximum atomic E-state index is 14.2. The van der Waals surface area contributed by atoms with Gasteiger partial charge in [-0.15, -0.1) is 0 Å². The van der Waals surface area contributed by atoms with Crippen LogP contribution in [0.25, 0.3) is 0 Å². The lowest BCUT2D eigenvalue weighted by molar-refractivity contribution is -0.146. The molecular weight excluding hydrogens is 689 g/mol. The van der Waals surface area contributed by atoms with Crippen LogP contribution in [-0.2, 0) is 33.9 Å². The van der Waals surface area contributed by atoms with Gasteiger partial charge >= 0.3 is 0 Å². The zero-order valence-corrected chi connectivity index (χ0v) is 33.8. The van der Waals surface area contributed by atoms with Crippen molar-refractivity contribution in [2.75, 3.05) is 53.7 Å². The molecule has 2 rings (SSSR count). The number of methoxy groups -OCH3 is 2. The number of nitrogens with one attached hydrogen (secondary N) is 2. The van der Waals surface area contributed by atoms with E-state index in [0.29, 0.717) is 31.6 Å². The smallest absolute Gasteiger partial charge is 0.242 e. The van der Waals surface area contributed by atoms with Crippen molar-refractivity contribution in [3.63, 3.8) is 0 Å². The van der Waals surface area contributed by atoms with Gasteiger partial charge in [-0.2, -0.15) is 4.72 Å². The molecule has 0 aromatic heterocycles. The third-order valence-electron chi connectivity index (χ3n) is 10.3. The van der Waals surface area contributed by atoms with Crippen molar-refractivity contribution in [1.29, 1.82) is 0 Å². The molecule has 0 saturated carbocycles. The number of aliphatic hydroxyl groups is 1. The number of rotatable bonds is 22. The number of carbonyl (C=O) groups is 3. The van der Waals surface area contributed by atoms with E-state index in [1.807, 2.05) is 53.6 Å². The van der Waals surface area contributed by atoms with Crippen LogP contribution in [0.1, 0.15) is 80.1 Å². The highest BCUT2D eigenvalue weighted by Crippen LogP contribution is 2.30. The van der Waals surface area contributed by atoms with Crippen LogP contribution in [-0.4, -0.2) is 130 Å². The van der Waals surface area contributed by atoms with E-state index in [1.54, 1.807) is 23.8 Å². The second-order valence-electron chi connectivity index (χ2n) is 14.7. The monoisotopic (exact) mass is 754 g/mol. The van der Waals surface area contributed by atoms with E-state index in [2.05, 4.69) is 10.0 Å². The Bertz CT molecular complexity index is 1370. The van der Waals surface area contributed by atoms with Crippen molar-refractivity contribution in [3.8, 4) is 0 Å². The molecule has 8 atom stereocenters. The largest absolute Gasteiger partial charge is 0.399 e. The summed E-state index contributed by atoms with van der Waals surface area (Å²) in [7, 11) is 2.65. The minimum absolute atomic E-state index is 0.00252. The fourth-order valence-electron chi connectivity index (χ4n) is 7.35. The number of aliphatic hydroxyl groups excluding tert-OH is 1. The number of nitrogens with zero attached hydrogens (tertiary/aromatic N) is 3. The fourth-order valence-corrected chi connectivity index (χ4v) is 8.51. The molecular formula is C37H66N6O8S. The molecule has 1 aliphatic heterocycles. The summed E-state index contributed by atoms with van der Waals surface area (Å²) in [4.78, 5) is 46.5. The van der Waals surface area contributed by atoms with Crippen molar-refractivity contribution < 1.29 is 37.4 Å². The van der Waals surface area contributed by atoms with E-state index < -0.39 is 46.5 Å². The summed E-state index contributed by atoms with van der Waals surface area (Å²) in [6.45, 7) is 12.5. The lowest BCUT2D eigenvalue weighted by Crippen LogP contribution is -2.56. The van der Waals surface area contributed by atoms with E-state index in [0.717, 1.165) is 19.3 Å². The van der Waals surface area contributed by atoms with Gasteiger partial charge < -0.3 is 35.4 Å². The first-order valence-electron chi connectivity index (χ1n) is 18.6. The van der Waals surface area contributed by atoms with Gasteiger partial charge in [0.25, 0.3) is 0 Å². The number of likely N-dealkylation sites (N-methyl/N-ethyl adjacent to an activating group) is 1. The molecule has 5 N–H and O–H groups in total. The molecule has 0 bridgehead atoms. The van der Waals surface area contributed by atoms with Gasteiger partial charge in [-0.1, -0.05) is 54.4 Å². The number of nitrogens with two attached hydrogens (primary N) is 1. The summed E-state index contributed by atoms with van der Waals surface area (Å²) in [6, 6.07) is 4.40. The number of benzene rings is 1. The highest BCUT2D eigenvalue weighted by Gasteiger charge is 2.43. The minimum atomic E-state index is -4.06. The van der Waals surface area contributed by atoms with Crippen LogP contribution in [0.5, 0.6) is 0 Å². The molecule has 0 aliphatic carbocycles. The average molecular weight is 755 g/mol. The van der Waals surface area contributed by atoms with Crippen molar-refractivity contribution in [2.24, 2.45) is 17.8 Å². The number of carbonyl (C=O) groups excluding carboxylic acids is 3. The number of sulfonamides is 1. The predicted octanol–water partition coefficient (Wildman–Crippen LogP) is 2.66. The zero-order chi connectivity index (χ0) is 39.3. The van der Waals surface area contributed by atoms with Gasteiger partial charge in [-0.3, -0.25) is 19.3 Å². The third-order valence-corrected chi connectivity index (χ3v) is 11.8. The third kappa shape index (κ3) is 12.1. The Labute approximate surface area is 312 Å². The van der Waals surface area contributed by atoms with E-state index in [1.165, 1.54) is 31.4 Å². The van der Waals surface area contributed by atoms with Crippen molar-refractivity contribution in [1.82, 2.24) is 24.7 Å². The normalized spacial score (nSPS) is 19.2. The molecule has 1 aliphatic rings. The number of nitrogen functional groups attached to an aromatic ring is 1.